The molecule has 0 N–H and O–H groups in total. The SMILES string of the molecule is CCC1(C)CC=CC=C1CI. The lowest BCUT2D eigenvalue weighted by atomic mass is 9.75. The van der Waals surface area contributed by atoms with Crippen molar-refractivity contribution in [3.8, 4) is 0 Å². The second-order valence-corrected chi connectivity index (χ2v) is 4.13. The lowest BCUT2D eigenvalue weighted by Crippen LogP contribution is -2.20. The first-order chi connectivity index (χ1) is 5.23. The molecule has 0 aromatic heterocycles. The summed E-state index contributed by atoms with van der Waals surface area (Å²) in [4.78, 5) is 0. The molecule has 1 rings (SSSR count). The van der Waals surface area contributed by atoms with Gasteiger partial charge in [0.15, 0.2) is 0 Å². The Kier molecular flexibility index (Phi) is 3.16. The van der Waals surface area contributed by atoms with E-state index in [9.17, 15) is 0 Å². The van der Waals surface area contributed by atoms with Crippen molar-refractivity contribution in [3.63, 3.8) is 0 Å². The summed E-state index contributed by atoms with van der Waals surface area (Å²) in [6, 6.07) is 0. The molecule has 1 atom stereocenters. The summed E-state index contributed by atoms with van der Waals surface area (Å²) in [5.41, 5.74) is 2.05. The molecule has 0 aliphatic heterocycles. The van der Waals surface area contributed by atoms with Gasteiger partial charge < -0.3 is 0 Å². The maximum Gasteiger partial charge on any atom is 0.0214 e. The molecular weight excluding hydrogens is 247 g/mol. The average molecular weight is 262 g/mol. The van der Waals surface area contributed by atoms with Crippen molar-refractivity contribution in [1.29, 1.82) is 0 Å². The van der Waals surface area contributed by atoms with Gasteiger partial charge in [-0.05, 0) is 18.3 Å². The fourth-order valence-electron chi connectivity index (χ4n) is 1.42. The van der Waals surface area contributed by atoms with Gasteiger partial charge in [-0.3, -0.25) is 0 Å². The van der Waals surface area contributed by atoms with Gasteiger partial charge in [0, 0.05) is 4.43 Å². The van der Waals surface area contributed by atoms with Crippen LogP contribution in [0.25, 0.3) is 0 Å². The van der Waals surface area contributed by atoms with Crippen molar-refractivity contribution < 1.29 is 0 Å². The second-order valence-electron chi connectivity index (χ2n) is 3.37. The lowest BCUT2D eigenvalue weighted by Gasteiger charge is -2.31. The third kappa shape index (κ3) is 1.86. The minimum Gasteiger partial charge on any atom is -0.0837 e. The molecule has 0 radical (unpaired) electrons. The van der Waals surface area contributed by atoms with E-state index in [1.54, 1.807) is 5.57 Å². The molecule has 1 unspecified atom stereocenters. The quantitative estimate of drug-likeness (QED) is 0.525. The smallest absolute Gasteiger partial charge is 0.0214 e. The molecule has 0 aromatic carbocycles. The summed E-state index contributed by atoms with van der Waals surface area (Å²) in [7, 11) is 0. The second kappa shape index (κ2) is 3.74. The monoisotopic (exact) mass is 262 g/mol. The standard InChI is InChI=1S/C10H15I/c1-3-10(2)7-5-4-6-9(10)8-11/h4-6H,3,7-8H2,1-2H3. The van der Waals surface area contributed by atoms with Crippen molar-refractivity contribution in [3.05, 3.63) is 23.8 Å². The normalized spacial score (nSPS) is 30.3. The van der Waals surface area contributed by atoms with Gasteiger partial charge in [0.2, 0.25) is 0 Å². The molecule has 0 heterocycles. The summed E-state index contributed by atoms with van der Waals surface area (Å²) >= 11 is 2.45. The van der Waals surface area contributed by atoms with Gasteiger partial charge in [-0.15, -0.1) is 0 Å². The first-order valence-corrected chi connectivity index (χ1v) is 5.67. The minimum absolute atomic E-state index is 0.454. The van der Waals surface area contributed by atoms with Crippen molar-refractivity contribution >= 4 is 22.6 Å². The molecule has 11 heavy (non-hydrogen) atoms. The predicted octanol–water partition coefficient (Wildman–Crippen LogP) is 3.72. The van der Waals surface area contributed by atoms with Gasteiger partial charge in [0.25, 0.3) is 0 Å². The van der Waals surface area contributed by atoms with Crippen LogP contribution in [0, 0.1) is 5.41 Å². The van der Waals surface area contributed by atoms with Crippen molar-refractivity contribution in [2.75, 3.05) is 4.43 Å². The van der Waals surface area contributed by atoms with Gasteiger partial charge in [-0.2, -0.15) is 0 Å². The summed E-state index contributed by atoms with van der Waals surface area (Å²) in [6.45, 7) is 4.64. The van der Waals surface area contributed by atoms with Crippen LogP contribution in [0.3, 0.4) is 0 Å². The molecule has 0 spiro atoms. The lowest BCUT2D eigenvalue weighted by molar-refractivity contribution is 0.386. The maximum atomic E-state index is 2.45. The molecule has 0 bridgehead atoms. The van der Waals surface area contributed by atoms with E-state index in [2.05, 4.69) is 54.7 Å². The number of rotatable bonds is 2. The summed E-state index contributed by atoms with van der Waals surface area (Å²) in [6.07, 6.45) is 9.22. The molecule has 1 heteroatoms. The van der Waals surface area contributed by atoms with Gasteiger partial charge in [0.05, 0.1) is 0 Å². The summed E-state index contributed by atoms with van der Waals surface area (Å²) in [5, 5.41) is 0. The number of hydrogen-bond donors (Lipinski definition) is 0. The molecule has 0 nitrogen and oxygen atoms in total. The summed E-state index contributed by atoms with van der Waals surface area (Å²) < 4.78 is 1.17. The highest BCUT2D eigenvalue weighted by atomic mass is 127. The average Bonchev–Trinajstić information content (AvgIpc) is 2.05. The topological polar surface area (TPSA) is 0 Å². The maximum absolute atomic E-state index is 2.45. The van der Waals surface area contributed by atoms with E-state index in [1.165, 1.54) is 17.3 Å². The molecule has 0 amide bonds. The summed E-state index contributed by atoms with van der Waals surface area (Å²) in [5.74, 6) is 0. The first-order valence-electron chi connectivity index (χ1n) is 4.15. The molecule has 0 aromatic rings. The van der Waals surface area contributed by atoms with Crippen LogP contribution < -0.4 is 0 Å². The van der Waals surface area contributed by atoms with E-state index < -0.39 is 0 Å². The number of halogens is 1. The largest absolute Gasteiger partial charge is 0.0837 e. The van der Waals surface area contributed by atoms with Gasteiger partial charge >= 0.3 is 0 Å². The Hall–Kier alpha value is 0.210. The van der Waals surface area contributed by atoms with E-state index >= 15 is 0 Å². The zero-order valence-corrected chi connectivity index (χ0v) is 9.39. The van der Waals surface area contributed by atoms with Crippen LogP contribution in [0.4, 0.5) is 0 Å². The number of hydrogen-bond acceptors (Lipinski definition) is 0. The Bertz CT molecular complexity index is 191. The highest BCUT2D eigenvalue weighted by Gasteiger charge is 2.25. The van der Waals surface area contributed by atoms with Crippen molar-refractivity contribution in [2.24, 2.45) is 5.41 Å². The molecular formula is C10H15I. The van der Waals surface area contributed by atoms with Gasteiger partial charge in [-0.25, -0.2) is 0 Å². The van der Waals surface area contributed by atoms with E-state index in [1.807, 2.05) is 0 Å². The first kappa shape index (κ1) is 9.30. The number of alkyl halides is 1. The van der Waals surface area contributed by atoms with Crippen LogP contribution in [0.15, 0.2) is 23.8 Å². The van der Waals surface area contributed by atoms with Crippen LogP contribution >= 0.6 is 22.6 Å². The molecule has 1 aliphatic carbocycles. The highest BCUT2D eigenvalue weighted by Crippen LogP contribution is 2.38. The number of allylic oxidation sites excluding steroid dienone is 4. The Morgan fingerprint density at radius 2 is 2.36 bits per heavy atom. The Morgan fingerprint density at radius 3 is 2.82 bits per heavy atom. The minimum atomic E-state index is 0.454. The zero-order valence-electron chi connectivity index (χ0n) is 7.23. The van der Waals surface area contributed by atoms with Crippen LogP contribution in [0.1, 0.15) is 26.7 Å². The van der Waals surface area contributed by atoms with Crippen LogP contribution in [-0.4, -0.2) is 4.43 Å². The Labute approximate surface area is 82.9 Å². The van der Waals surface area contributed by atoms with Crippen LogP contribution in [-0.2, 0) is 0 Å². The molecule has 0 saturated heterocycles. The fraction of sp³-hybridized carbons (Fsp3) is 0.600. The van der Waals surface area contributed by atoms with Crippen LogP contribution in [0.5, 0.6) is 0 Å². The highest BCUT2D eigenvalue weighted by molar-refractivity contribution is 14.1. The molecule has 0 fully saturated rings. The zero-order chi connectivity index (χ0) is 8.32. The molecule has 62 valence electrons. The third-order valence-electron chi connectivity index (χ3n) is 2.70. The van der Waals surface area contributed by atoms with E-state index in [4.69, 9.17) is 0 Å². The van der Waals surface area contributed by atoms with Gasteiger partial charge in [0.1, 0.15) is 0 Å². The van der Waals surface area contributed by atoms with Crippen LogP contribution in [0.2, 0.25) is 0 Å². The van der Waals surface area contributed by atoms with Crippen molar-refractivity contribution in [1.82, 2.24) is 0 Å². The third-order valence-corrected chi connectivity index (χ3v) is 3.52. The Morgan fingerprint density at radius 1 is 1.64 bits per heavy atom. The van der Waals surface area contributed by atoms with E-state index in [0.717, 1.165) is 0 Å². The van der Waals surface area contributed by atoms with Gasteiger partial charge in [-0.1, -0.05) is 60.2 Å². The van der Waals surface area contributed by atoms with E-state index in [0.29, 0.717) is 5.41 Å². The Balaban J connectivity index is 2.82. The van der Waals surface area contributed by atoms with E-state index in [-0.39, 0.29) is 0 Å². The van der Waals surface area contributed by atoms with Crippen molar-refractivity contribution in [2.45, 2.75) is 26.7 Å². The predicted molar refractivity (Wildman–Crippen MR) is 59.1 cm³/mol. The molecule has 0 saturated carbocycles. The molecule has 1 aliphatic rings. The fourth-order valence-corrected chi connectivity index (χ4v) is 2.60.